The summed E-state index contributed by atoms with van der Waals surface area (Å²) in [6.07, 6.45) is 0.158. The third-order valence-electron chi connectivity index (χ3n) is 4.38. The Morgan fingerprint density at radius 1 is 0.786 bits per heavy atom. The van der Waals surface area contributed by atoms with Gasteiger partial charge in [-0.3, -0.25) is 20.4 Å². The average Bonchev–Trinajstić information content (AvgIpc) is 2.74. The highest BCUT2D eigenvalue weighted by molar-refractivity contribution is 5.89. The van der Waals surface area contributed by atoms with Crippen molar-refractivity contribution in [2.24, 2.45) is 0 Å². The van der Waals surface area contributed by atoms with E-state index in [0.29, 0.717) is 0 Å². The van der Waals surface area contributed by atoms with Crippen molar-refractivity contribution in [3.8, 4) is 5.75 Å². The predicted octanol–water partition coefficient (Wildman–Crippen LogP) is 3.22. The fraction of sp³-hybridized carbons (Fsp3) is 0.130. The van der Waals surface area contributed by atoms with Crippen molar-refractivity contribution in [3.63, 3.8) is 0 Å². The molecule has 0 fully saturated rings. The van der Waals surface area contributed by atoms with Gasteiger partial charge in [0.15, 0.2) is 0 Å². The van der Waals surface area contributed by atoms with E-state index in [0.717, 1.165) is 22.4 Å². The molecule has 5 heteroatoms. The normalized spacial score (nSPS) is 10.4. The van der Waals surface area contributed by atoms with Gasteiger partial charge < -0.3 is 4.74 Å². The SMILES string of the molecule is COc1ccc(CC(=O)NNC(=O)C(c2ccccc2)c2ccccc2)cc1. The molecule has 5 nitrogen and oxygen atoms in total. The highest BCUT2D eigenvalue weighted by Gasteiger charge is 2.22. The number of rotatable bonds is 6. The van der Waals surface area contributed by atoms with Crippen LogP contribution < -0.4 is 15.6 Å². The highest BCUT2D eigenvalue weighted by Crippen LogP contribution is 2.24. The zero-order valence-corrected chi connectivity index (χ0v) is 15.6. The van der Waals surface area contributed by atoms with E-state index in [-0.39, 0.29) is 18.2 Å². The summed E-state index contributed by atoms with van der Waals surface area (Å²) in [5.74, 6) is -0.367. The van der Waals surface area contributed by atoms with Gasteiger partial charge >= 0.3 is 0 Å². The molecule has 142 valence electrons. The summed E-state index contributed by atoms with van der Waals surface area (Å²) < 4.78 is 5.11. The summed E-state index contributed by atoms with van der Waals surface area (Å²) in [6, 6.07) is 26.2. The van der Waals surface area contributed by atoms with E-state index in [4.69, 9.17) is 4.74 Å². The number of methoxy groups -OCH3 is 1. The van der Waals surface area contributed by atoms with Crippen LogP contribution in [0.5, 0.6) is 5.75 Å². The smallest absolute Gasteiger partial charge is 0.250 e. The highest BCUT2D eigenvalue weighted by atomic mass is 16.5. The van der Waals surface area contributed by atoms with Crippen molar-refractivity contribution in [1.82, 2.24) is 10.9 Å². The number of hydrogen-bond acceptors (Lipinski definition) is 3. The molecule has 0 saturated heterocycles. The van der Waals surface area contributed by atoms with Crippen molar-refractivity contribution in [2.45, 2.75) is 12.3 Å². The first-order valence-corrected chi connectivity index (χ1v) is 8.99. The fourth-order valence-electron chi connectivity index (χ4n) is 2.96. The van der Waals surface area contributed by atoms with Crippen LogP contribution in [0.15, 0.2) is 84.9 Å². The Hall–Kier alpha value is -3.60. The van der Waals surface area contributed by atoms with Crippen LogP contribution in [-0.4, -0.2) is 18.9 Å². The maximum atomic E-state index is 12.8. The molecule has 0 atom stereocenters. The van der Waals surface area contributed by atoms with E-state index >= 15 is 0 Å². The molecule has 3 aromatic carbocycles. The molecular weight excluding hydrogens is 352 g/mol. The van der Waals surface area contributed by atoms with Gasteiger partial charge in [-0.1, -0.05) is 72.8 Å². The van der Waals surface area contributed by atoms with E-state index in [1.54, 1.807) is 19.2 Å². The van der Waals surface area contributed by atoms with Crippen molar-refractivity contribution in [1.29, 1.82) is 0 Å². The largest absolute Gasteiger partial charge is 0.497 e. The molecule has 3 rings (SSSR count). The van der Waals surface area contributed by atoms with Gasteiger partial charge in [0.25, 0.3) is 0 Å². The zero-order chi connectivity index (χ0) is 19.8. The van der Waals surface area contributed by atoms with Crippen LogP contribution in [0, 0.1) is 0 Å². The van der Waals surface area contributed by atoms with Gasteiger partial charge in [0.1, 0.15) is 5.75 Å². The molecule has 28 heavy (non-hydrogen) atoms. The summed E-state index contributed by atoms with van der Waals surface area (Å²) in [5.41, 5.74) is 7.61. The molecular formula is C23H22N2O3. The Labute approximate surface area is 164 Å². The zero-order valence-electron chi connectivity index (χ0n) is 15.6. The Morgan fingerprint density at radius 2 is 1.32 bits per heavy atom. The summed E-state index contributed by atoms with van der Waals surface area (Å²) in [5, 5.41) is 0. The van der Waals surface area contributed by atoms with Gasteiger partial charge in [0.05, 0.1) is 19.4 Å². The molecule has 0 radical (unpaired) electrons. The number of hydrazine groups is 1. The lowest BCUT2D eigenvalue weighted by atomic mass is 9.91. The number of nitrogens with one attached hydrogen (secondary N) is 2. The molecule has 2 amide bonds. The number of hydrogen-bond donors (Lipinski definition) is 2. The lowest BCUT2D eigenvalue weighted by Crippen LogP contribution is -2.44. The van der Waals surface area contributed by atoms with E-state index in [1.165, 1.54) is 0 Å². The van der Waals surface area contributed by atoms with Gasteiger partial charge in [-0.2, -0.15) is 0 Å². The summed E-state index contributed by atoms with van der Waals surface area (Å²) in [7, 11) is 1.59. The van der Waals surface area contributed by atoms with Crippen LogP contribution in [0.3, 0.4) is 0 Å². The molecule has 0 heterocycles. The Bertz CT molecular complexity index is 870. The number of carbonyl (C=O) groups is 2. The van der Waals surface area contributed by atoms with Crippen LogP contribution in [-0.2, 0) is 16.0 Å². The monoisotopic (exact) mass is 374 g/mol. The molecule has 0 aliphatic carbocycles. The first-order chi connectivity index (χ1) is 13.7. The van der Waals surface area contributed by atoms with E-state index < -0.39 is 5.92 Å². The van der Waals surface area contributed by atoms with Crippen LogP contribution in [0.2, 0.25) is 0 Å². The lowest BCUT2D eigenvalue weighted by Gasteiger charge is -2.18. The van der Waals surface area contributed by atoms with E-state index in [2.05, 4.69) is 10.9 Å². The van der Waals surface area contributed by atoms with Crippen molar-refractivity contribution in [3.05, 3.63) is 102 Å². The van der Waals surface area contributed by atoms with Gasteiger partial charge in [-0.15, -0.1) is 0 Å². The quantitative estimate of drug-likeness (QED) is 0.651. The second-order valence-electron chi connectivity index (χ2n) is 6.32. The number of carbonyl (C=O) groups excluding carboxylic acids is 2. The van der Waals surface area contributed by atoms with Gasteiger partial charge in [-0.25, -0.2) is 0 Å². The van der Waals surface area contributed by atoms with E-state index in [1.807, 2.05) is 72.8 Å². The van der Waals surface area contributed by atoms with Crippen LogP contribution >= 0.6 is 0 Å². The Balaban J connectivity index is 1.65. The maximum absolute atomic E-state index is 12.8. The topological polar surface area (TPSA) is 67.4 Å². The first kappa shape index (κ1) is 19.2. The van der Waals surface area contributed by atoms with Crippen molar-refractivity contribution < 1.29 is 14.3 Å². The Kier molecular flexibility index (Phi) is 6.41. The molecule has 0 saturated carbocycles. The second kappa shape index (κ2) is 9.37. The molecule has 0 aliphatic heterocycles. The van der Waals surface area contributed by atoms with Crippen LogP contribution in [0.25, 0.3) is 0 Å². The molecule has 3 aromatic rings. The molecule has 2 N–H and O–H groups in total. The molecule has 0 aliphatic rings. The standard InChI is InChI=1S/C23H22N2O3/c1-28-20-14-12-17(13-15-20)16-21(26)24-25-23(27)22(18-8-4-2-5-9-18)19-10-6-3-7-11-19/h2-15,22H,16H2,1H3,(H,24,26)(H,25,27). The molecule has 0 aromatic heterocycles. The first-order valence-electron chi connectivity index (χ1n) is 8.99. The number of amides is 2. The third kappa shape index (κ3) is 4.98. The minimum atomic E-state index is -0.510. The molecule has 0 unspecified atom stereocenters. The minimum absolute atomic E-state index is 0.158. The summed E-state index contributed by atoms with van der Waals surface area (Å²) in [6.45, 7) is 0. The van der Waals surface area contributed by atoms with E-state index in [9.17, 15) is 9.59 Å². The Morgan fingerprint density at radius 3 is 1.82 bits per heavy atom. The van der Waals surface area contributed by atoms with Crippen molar-refractivity contribution in [2.75, 3.05) is 7.11 Å². The fourth-order valence-corrected chi connectivity index (χ4v) is 2.96. The maximum Gasteiger partial charge on any atom is 0.250 e. The second-order valence-corrected chi connectivity index (χ2v) is 6.32. The predicted molar refractivity (Wildman–Crippen MR) is 108 cm³/mol. The molecule has 0 bridgehead atoms. The van der Waals surface area contributed by atoms with Crippen molar-refractivity contribution >= 4 is 11.8 Å². The summed E-state index contributed by atoms with van der Waals surface area (Å²) >= 11 is 0. The van der Waals surface area contributed by atoms with Gasteiger partial charge in [-0.05, 0) is 28.8 Å². The summed E-state index contributed by atoms with van der Waals surface area (Å²) in [4.78, 5) is 25.1. The number of ether oxygens (including phenoxy) is 1. The number of benzene rings is 3. The van der Waals surface area contributed by atoms with Gasteiger partial charge in [0, 0.05) is 0 Å². The molecule has 0 spiro atoms. The van der Waals surface area contributed by atoms with Crippen LogP contribution in [0.4, 0.5) is 0 Å². The third-order valence-corrected chi connectivity index (χ3v) is 4.38. The minimum Gasteiger partial charge on any atom is -0.497 e. The van der Waals surface area contributed by atoms with Gasteiger partial charge in [0.2, 0.25) is 11.8 Å². The lowest BCUT2D eigenvalue weighted by molar-refractivity contribution is -0.128. The van der Waals surface area contributed by atoms with Crippen LogP contribution in [0.1, 0.15) is 22.6 Å². The average molecular weight is 374 g/mol.